The van der Waals surface area contributed by atoms with Gasteiger partial charge in [0.25, 0.3) is 0 Å². The molecule has 8 heteroatoms. The Labute approximate surface area is 76.2 Å². The Balaban J connectivity index is 3.96. The van der Waals surface area contributed by atoms with Gasteiger partial charge in [-0.1, -0.05) is 0 Å². The number of phosphoric acid groups is 1. The van der Waals surface area contributed by atoms with E-state index < -0.39 is 39.6 Å². The Hall–Kier alpha value is -0.0100. The van der Waals surface area contributed by atoms with E-state index in [2.05, 4.69) is 4.52 Å². The smallest absolute Gasteiger partial charge is 0.391 e. The Morgan fingerprint density at radius 1 is 1.46 bits per heavy atom. The van der Waals surface area contributed by atoms with Gasteiger partial charge in [0.15, 0.2) is 0 Å². The van der Waals surface area contributed by atoms with Gasteiger partial charge in [0.05, 0.1) is 12.7 Å². The van der Waals surface area contributed by atoms with E-state index in [-0.39, 0.29) is 0 Å². The molecule has 0 aliphatic rings. The minimum Gasteiger partial charge on any atom is -0.391 e. The molecule has 0 saturated carbocycles. The van der Waals surface area contributed by atoms with Crippen molar-refractivity contribution < 1.29 is 35.6 Å². The monoisotopic (exact) mass is 217 g/mol. The highest BCUT2D eigenvalue weighted by Gasteiger charge is 2.24. The summed E-state index contributed by atoms with van der Waals surface area (Å²) >= 11 is 0. The number of aliphatic hydroxyl groups excluding tert-OH is 3. The summed E-state index contributed by atoms with van der Waals surface area (Å²) in [6.07, 6.45) is -4.80. The quantitative estimate of drug-likeness (QED) is 0.343. The van der Waals surface area contributed by atoms with E-state index in [4.69, 9.17) is 26.5 Å². The first-order chi connectivity index (χ1) is 6.28. The molecule has 0 rings (SSSR count). The molecule has 0 aliphatic heterocycles. The van der Waals surface area contributed by atoms with E-state index in [0.717, 1.165) is 0 Å². The second-order valence-electron chi connectivity index (χ2n) is 2.41. The van der Waals surface area contributed by atoms with Crippen LogP contribution in [0.5, 0.6) is 0 Å². The van der Waals surface area contributed by atoms with Gasteiger partial charge in [0, 0.05) is 1.37 Å². The van der Waals surface area contributed by atoms with Crippen molar-refractivity contribution in [2.75, 3.05) is 6.61 Å². The summed E-state index contributed by atoms with van der Waals surface area (Å²) in [6, 6.07) is 0. The summed E-state index contributed by atoms with van der Waals surface area (Å²) in [4.78, 5) is 16.5. The maximum Gasteiger partial charge on any atom is 0.469 e. The predicted octanol–water partition coefficient (Wildman–Crippen LogP) is -1.80. The maximum atomic E-state index is 10.2. The number of aliphatic hydroxyl groups is 3. The van der Waals surface area contributed by atoms with Crippen LogP contribution in [0.1, 0.15) is 8.27 Å². The molecule has 0 aromatic heterocycles. The van der Waals surface area contributed by atoms with E-state index in [1.54, 1.807) is 0 Å². The number of rotatable bonds is 5. The van der Waals surface area contributed by atoms with Crippen molar-refractivity contribution in [1.29, 1.82) is 0 Å². The minimum atomic E-state index is -4.70. The molecule has 0 amide bonds. The van der Waals surface area contributed by atoms with Crippen LogP contribution in [0.4, 0.5) is 0 Å². The fraction of sp³-hybridized carbons (Fsp3) is 1.00. The van der Waals surface area contributed by atoms with E-state index in [1.165, 1.54) is 0 Å². The van der Waals surface area contributed by atoms with Gasteiger partial charge in [0.2, 0.25) is 0 Å². The van der Waals surface area contributed by atoms with Crippen molar-refractivity contribution >= 4 is 7.82 Å². The maximum absolute atomic E-state index is 10.2. The van der Waals surface area contributed by atoms with Crippen molar-refractivity contribution in [2.45, 2.75) is 25.2 Å². The normalized spacial score (nSPS) is 20.5. The summed E-state index contributed by atoms with van der Waals surface area (Å²) in [7, 11) is -4.70. The molecule has 0 radical (unpaired) electrons. The highest BCUT2D eigenvalue weighted by atomic mass is 31.2. The second kappa shape index (κ2) is 5.02. The predicted molar refractivity (Wildman–Crippen MR) is 41.7 cm³/mol. The molecule has 0 saturated heterocycles. The summed E-state index contributed by atoms with van der Waals surface area (Å²) in [5, 5.41) is 26.9. The number of hydrogen-bond acceptors (Lipinski definition) is 5. The average molecular weight is 217 g/mol. The lowest BCUT2D eigenvalue weighted by Gasteiger charge is -2.19. The third-order valence-electron chi connectivity index (χ3n) is 1.20. The SMILES string of the molecule is [2H]CC(O)[C@H](O)[C@H](O)COP(=O)(O)O. The van der Waals surface area contributed by atoms with Crippen LogP contribution in [0.2, 0.25) is 0 Å². The molecule has 7 nitrogen and oxygen atoms in total. The third-order valence-corrected chi connectivity index (χ3v) is 1.69. The Morgan fingerprint density at radius 2 is 2.00 bits per heavy atom. The second-order valence-corrected chi connectivity index (χ2v) is 3.65. The average Bonchev–Trinajstić information content (AvgIpc) is 2.10. The molecule has 0 aromatic rings. The third kappa shape index (κ3) is 6.11. The highest BCUT2D eigenvalue weighted by Crippen LogP contribution is 2.35. The Bertz CT molecular complexity index is 206. The standard InChI is InChI=1S/C5H13O7P/c1-3(6)5(8)4(7)2-12-13(9,10)11/h3-8H,2H2,1H3,(H2,9,10,11)/t3?,4-,5+/m1/s1/i1D. The lowest BCUT2D eigenvalue weighted by molar-refractivity contribution is -0.0689. The highest BCUT2D eigenvalue weighted by molar-refractivity contribution is 7.46. The van der Waals surface area contributed by atoms with Gasteiger partial charge in [-0.05, 0) is 6.90 Å². The van der Waals surface area contributed by atoms with Crippen LogP contribution in [-0.4, -0.2) is 50.0 Å². The van der Waals surface area contributed by atoms with Gasteiger partial charge in [-0.2, -0.15) is 0 Å². The van der Waals surface area contributed by atoms with Crippen molar-refractivity contribution in [1.82, 2.24) is 0 Å². The fourth-order valence-electron chi connectivity index (χ4n) is 0.528. The van der Waals surface area contributed by atoms with E-state index in [9.17, 15) is 4.57 Å². The molecular formula is C5H13O7P. The molecule has 3 atom stereocenters. The molecule has 0 heterocycles. The van der Waals surface area contributed by atoms with Gasteiger partial charge in [0.1, 0.15) is 12.2 Å². The topological polar surface area (TPSA) is 127 Å². The van der Waals surface area contributed by atoms with E-state index in [0.29, 0.717) is 0 Å². The molecule has 13 heavy (non-hydrogen) atoms. The summed E-state index contributed by atoms with van der Waals surface area (Å²) in [5.41, 5.74) is 0. The van der Waals surface area contributed by atoms with Crippen LogP contribution in [0.25, 0.3) is 0 Å². The molecular weight excluding hydrogens is 203 g/mol. The first kappa shape index (κ1) is 11.1. The van der Waals surface area contributed by atoms with Crippen LogP contribution in [0, 0.1) is 0 Å². The van der Waals surface area contributed by atoms with Crippen LogP contribution < -0.4 is 0 Å². The first-order valence-corrected chi connectivity index (χ1v) is 4.84. The molecule has 0 fully saturated rings. The Morgan fingerprint density at radius 3 is 2.38 bits per heavy atom. The Kier molecular flexibility index (Phi) is 4.27. The minimum absolute atomic E-state index is 0.534. The van der Waals surface area contributed by atoms with Crippen molar-refractivity contribution in [3.05, 3.63) is 0 Å². The molecule has 0 aromatic carbocycles. The van der Waals surface area contributed by atoms with Crippen LogP contribution >= 0.6 is 7.82 Å². The van der Waals surface area contributed by atoms with Crippen LogP contribution in [0.15, 0.2) is 0 Å². The van der Waals surface area contributed by atoms with Gasteiger partial charge in [-0.15, -0.1) is 0 Å². The largest absolute Gasteiger partial charge is 0.469 e. The van der Waals surface area contributed by atoms with Gasteiger partial charge in [-0.3, -0.25) is 4.52 Å². The zero-order valence-electron chi connectivity index (χ0n) is 7.65. The van der Waals surface area contributed by atoms with Crippen molar-refractivity contribution in [3.8, 4) is 0 Å². The molecule has 0 bridgehead atoms. The molecule has 1 unspecified atom stereocenters. The lowest BCUT2D eigenvalue weighted by atomic mass is 10.1. The zero-order chi connectivity index (χ0) is 11.4. The molecule has 0 spiro atoms. The van der Waals surface area contributed by atoms with Gasteiger partial charge < -0.3 is 25.1 Å². The number of hydrogen-bond donors (Lipinski definition) is 5. The van der Waals surface area contributed by atoms with Crippen LogP contribution in [-0.2, 0) is 9.09 Å². The van der Waals surface area contributed by atoms with E-state index >= 15 is 0 Å². The number of phosphoric ester groups is 1. The summed E-state index contributed by atoms with van der Waals surface area (Å²) < 4.78 is 20.7. The first-order valence-electron chi connectivity index (χ1n) is 4.02. The lowest BCUT2D eigenvalue weighted by Crippen LogP contribution is -2.38. The van der Waals surface area contributed by atoms with Gasteiger partial charge >= 0.3 is 7.82 Å². The zero-order valence-corrected chi connectivity index (χ0v) is 7.54. The van der Waals surface area contributed by atoms with Crippen molar-refractivity contribution in [2.24, 2.45) is 0 Å². The summed E-state index contributed by atoms with van der Waals surface area (Å²) in [5.74, 6) is 0. The molecule has 0 aliphatic carbocycles. The molecule has 80 valence electrons. The molecule has 5 N–H and O–H groups in total. The van der Waals surface area contributed by atoms with Gasteiger partial charge in [-0.25, -0.2) is 4.57 Å². The summed E-state index contributed by atoms with van der Waals surface area (Å²) in [6.45, 7) is -1.35. The van der Waals surface area contributed by atoms with Crippen molar-refractivity contribution in [3.63, 3.8) is 0 Å². The fourth-order valence-corrected chi connectivity index (χ4v) is 0.875. The van der Waals surface area contributed by atoms with Crippen LogP contribution in [0.3, 0.4) is 0 Å². The van der Waals surface area contributed by atoms with E-state index in [1.807, 2.05) is 0 Å².